The Balaban J connectivity index is 1.50. The molecule has 1 aliphatic heterocycles. The fourth-order valence-corrected chi connectivity index (χ4v) is 3.44. The average molecular weight is 382 g/mol. The van der Waals surface area contributed by atoms with E-state index in [-0.39, 0.29) is 23.8 Å². The van der Waals surface area contributed by atoms with Crippen LogP contribution in [0, 0.1) is 5.82 Å². The van der Waals surface area contributed by atoms with Gasteiger partial charge in [-0.15, -0.1) is 11.8 Å². The molecule has 1 aromatic heterocycles. The van der Waals surface area contributed by atoms with Gasteiger partial charge in [0.05, 0.1) is 29.7 Å². The first-order valence-corrected chi connectivity index (χ1v) is 9.27. The van der Waals surface area contributed by atoms with Crippen LogP contribution in [0.1, 0.15) is 12.8 Å². The van der Waals surface area contributed by atoms with Crippen molar-refractivity contribution in [2.75, 3.05) is 18.8 Å². The molecule has 5 nitrogen and oxygen atoms in total. The second kappa shape index (κ2) is 8.49. The van der Waals surface area contributed by atoms with Gasteiger partial charge in [-0.2, -0.15) is 0 Å². The van der Waals surface area contributed by atoms with E-state index in [1.807, 2.05) is 0 Å². The Morgan fingerprint density at radius 3 is 2.76 bits per heavy atom. The molecule has 2 heterocycles. The summed E-state index contributed by atoms with van der Waals surface area (Å²) < 4.78 is 18.6. The molecule has 8 heteroatoms. The number of piperidine rings is 1. The zero-order valence-electron chi connectivity index (χ0n) is 13.4. The lowest BCUT2D eigenvalue weighted by Gasteiger charge is -2.32. The van der Waals surface area contributed by atoms with Gasteiger partial charge < -0.3 is 9.64 Å². The van der Waals surface area contributed by atoms with Crippen molar-refractivity contribution in [3.8, 4) is 6.01 Å². The minimum atomic E-state index is -0.281. The van der Waals surface area contributed by atoms with E-state index < -0.39 is 0 Å². The van der Waals surface area contributed by atoms with E-state index in [0.717, 1.165) is 17.7 Å². The number of carbonyl (C=O) groups excluding carboxylic acids is 1. The van der Waals surface area contributed by atoms with Gasteiger partial charge in [-0.25, -0.2) is 14.4 Å². The minimum absolute atomic E-state index is 0.0413. The van der Waals surface area contributed by atoms with Gasteiger partial charge in [-0.3, -0.25) is 4.79 Å². The predicted molar refractivity (Wildman–Crippen MR) is 94.4 cm³/mol. The quantitative estimate of drug-likeness (QED) is 0.743. The van der Waals surface area contributed by atoms with Crippen LogP contribution < -0.4 is 4.74 Å². The van der Waals surface area contributed by atoms with Gasteiger partial charge in [0, 0.05) is 11.4 Å². The van der Waals surface area contributed by atoms with E-state index in [9.17, 15) is 9.18 Å². The Kier molecular flexibility index (Phi) is 6.09. The van der Waals surface area contributed by atoms with Crippen LogP contribution in [0.4, 0.5) is 4.39 Å². The molecule has 1 aromatic carbocycles. The summed E-state index contributed by atoms with van der Waals surface area (Å²) in [5.74, 6) is 0.0752. The third-order valence-electron chi connectivity index (χ3n) is 3.78. The van der Waals surface area contributed by atoms with Crippen LogP contribution in [-0.2, 0) is 4.79 Å². The number of carbonyl (C=O) groups is 1. The lowest BCUT2D eigenvalue weighted by atomic mass is 10.1. The van der Waals surface area contributed by atoms with E-state index in [0.29, 0.717) is 23.9 Å². The van der Waals surface area contributed by atoms with Crippen molar-refractivity contribution < 1.29 is 13.9 Å². The fourth-order valence-electron chi connectivity index (χ4n) is 2.54. The van der Waals surface area contributed by atoms with E-state index in [1.165, 1.54) is 36.3 Å². The number of likely N-dealkylation sites (tertiary alicyclic amines) is 1. The van der Waals surface area contributed by atoms with Gasteiger partial charge in [0.15, 0.2) is 0 Å². The number of nitrogens with zero attached hydrogens (tertiary/aromatic N) is 3. The van der Waals surface area contributed by atoms with Crippen molar-refractivity contribution in [3.63, 3.8) is 0 Å². The Hall–Kier alpha value is -1.86. The molecule has 1 atom stereocenters. The summed E-state index contributed by atoms with van der Waals surface area (Å²) >= 11 is 7.16. The van der Waals surface area contributed by atoms with Crippen LogP contribution >= 0.6 is 23.4 Å². The van der Waals surface area contributed by atoms with Crippen molar-refractivity contribution in [1.82, 2.24) is 14.9 Å². The molecule has 0 aliphatic carbocycles. The smallest absolute Gasteiger partial charge is 0.316 e. The summed E-state index contributed by atoms with van der Waals surface area (Å²) in [5.41, 5.74) is 0. The van der Waals surface area contributed by atoms with E-state index in [1.54, 1.807) is 17.0 Å². The maximum Gasteiger partial charge on any atom is 0.316 e. The topological polar surface area (TPSA) is 55.3 Å². The maximum absolute atomic E-state index is 12.9. The number of rotatable bonds is 5. The largest absolute Gasteiger partial charge is 0.458 e. The summed E-state index contributed by atoms with van der Waals surface area (Å²) in [7, 11) is 0. The average Bonchev–Trinajstić information content (AvgIpc) is 2.63. The van der Waals surface area contributed by atoms with Crippen LogP contribution in [0.5, 0.6) is 6.01 Å². The first kappa shape index (κ1) is 17.9. The fraction of sp³-hybridized carbons (Fsp3) is 0.353. The Morgan fingerprint density at radius 1 is 1.32 bits per heavy atom. The number of halogens is 2. The highest BCUT2D eigenvalue weighted by Gasteiger charge is 2.25. The van der Waals surface area contributed by atoms with Crippen LogP contribution in [0.3, 0.4) is 0 Å². The van der Waals surface area contributed by atoms with Crippen LogP contribution in [0.25, 0.3) is 0 Å². The molecular weight excluding hydrogens is 365 g/mol. The lowest BCUT2D eigenvalue weighted by Crippen LogP contribution is -2.45. The van der Waals surface area contributed by atoms with E-state index >= 15 is 0 Å². The van der Waals surface area contributed by atoms with Crippen LogP contribution in [0.15, 0.2) is 41.6 Å². The molecule has 1 saturated heterocycles. The van der Waals surface area contributed by atoms with Crippen molar-refractivity contribution in [1.29, 1.82) is 0 Å². The number of aromatic nitrogens is 2. The number of hydrogen-bond donors (Lipinski definition) is 0. The number of amides is 1. The molecule has 1 unspecified atom stereocenters. The Morgan fingerprint density at radius 2 is 2.04 bits per heavy atom. The number of thioether (sulfide) groups is 1. The van der Waals surface area contributed by atoms with Crippen molar-refractivity contribution in [2.45, 2.75) is 23.8 Å². The molecule has 0 bridgehead atoms. The second-order valence-corrected chi connectivity index (χ2v) is 7.13. The van der Waals surface area contributed by atoms with Gasteiger partial charge in [0.1, 0.15) is 11.9 Å². The highest BCUT2D eigenvalue weighted by Crippen LogP contribution is 2.21. The number of ether oxygens (including phenoxy) is 1. The SMILES string of the molecule is O=C(CSc1ccc(F)cc1)N1CCCC(Oc2ncc(Cl)cn2)C1. The summed E-state index contributed by atoms with van der Waals surface area (Å²) in [6, 6.07) is 6.40. The van der Waals surface area contributed by atoms with Crippen LogP contribution in [0.2, 0.25) is 5.02 Å². The van der Waals surface area contributed by atoms with Crippen molar-refractivity contribution in [3.05, 3.63) is 47.5 Å². The molecule has 25 heavy (non-hydrogen) atoms. The molecule has 0 spiro atoms. The summed E-state index contributed by atoms with van der Waals surface area (Å²) in [6.07, 6.45) is 4.55. The molecule has 1 fully saturated rings. The monoisotopic (exact) mass is 381 g/mol. The highest BCUT2D eigenvalue weighted by atomic mass is 35.5. The zero-order valence-corrected chi connectivity index (χ0v) is 15.0. The molecule has 0 saturated carbocycles. The van der Waals surface area contributed by atoms with E-state index in [4.69, 9.17) is 16.3 Å². The third-order valence-corrected chi connectivity index (χ3v) is 4.97. The first-order valence-electron chi connectivity index (χ1n) is 7.90. The van der Waals surface area contributed by atoms with Crippen molar-refractivity contribution in [2.24, 2.45) is 0 Å². The number of benzene rings is 1. The standard InChI is InChI=1S/C17H17ClFN3O2S/c18-12-8-20-17(21-9-12)24-14-2-1-7-22(10-14)16(23)11-25-15-5-3-13(19)4-6-15/h3-6,8-9,14H,1-2,7,10-11H2. The molecule has 3 rings (SSSR count). The lowest BCUT2D eigenvalue weighted by molar-refractivity contribution is -0.131. The second-order valence-electron chi connectivity index (χ2n) is 5.65. The van der Waals surface area contributed by atoms with E-state index in [2.05, 4.69) is 9.97 Å². The molecule has 2 aromatic rings. The zero-order chi connectivity index (χ0) is 17.6. The molecule has 0 N–H and O–H groups in total. The maximum atomic E-state index is 12.9. The highest BCUT2D eigenvalue weighted by molar-refractivity contribution is 8.00. The van der Waals surface area contributed by atoms with Gasteiger partial charge in [0.25, 0.3) is 0 Å². The normalized spacial score (nSPS) is 17.4. The molecular formula is C17H17ClFN3O2S. The Labute approximate surface area is 154 Å². The molecule has 1 aliphatic rings. The van der Waals surface area contributed by atoms with Crippen molar-refractivity contribution >= 4 is 29.3 Å². The first-order chi connectivity index (χ1) is 12.1. The van der Waals surface area contributed by atoms with Gasteiger partial charge >= 0.3 is 6.01 Å². The van der Waals surface area contributed by atoms with Gasteiger partial charge in [-0.05, 0) is 37.1 Å². The predicted octanol–water partition coefficient (Wildman–Crippen LogP) is 3.43. The summed E-state index contributed by atoms with van der Waals surface area (Å²) in [4.78, 5) is 23.1. The third kappa shape index (κ3) is 5.31. The summed E-state index contributed by atoms with van der Waals surface area (Å²) in [6.45, 7) is 1.22. The molecule has 1 amide bonds. The molecule has 0 radical (unpaired) electrons. The van der Waals surface area contributed by atoms with Gasteiger partial charge in [0.2, 0.25) is 5.91 Å². The van der Waals surface area contributed by atoms with Crippen LogP contribution in [-0.4, -0.2) is 45.7 Å². The Bertz CT molecular complexity index is 715. The number of hydrogen-bond acceptors (Lipinski definition) is 5. The minimum Gasteiger partial charge on any atom is -0.458 e. The van der Waals surface area contributed by atoms with Gasteiger partial charge in [-0.1, -0.05) is 11.6 Å². The summed E-state index contributed by atoms with van der Waals surface area (Å²) in [5, 5.41) is 0.450. The molecule has 132 valence electrons.